The van der Waals surface area contributed by atoms with E-state index in [1.807, 2.05) is 60.9 Å². The van der Waals surface area contributed by atoms with E-state index in [2.05, 4.69) is 10.3 Å². The van der Waals surface area contributed by atoms with Crippen molar-refractivity contribution in [2.24, 2.45) is 0 Å². The molecule has 1 N–H and O–H groups in total. The van der Waals surface area contributed by atoms with Gasteiger partial charge in [0.1, 0.15) is 6.54 Å². The summed E-state index contributed by atoms with van der Waals surface area (Å²) in [7, 11) is 0. The van der Waals surface area contributed by atoms with Gasteiger partial charge in [0, 0.05) is 17.6 Å². The molecule has 0 bridgehead atoms. The van der Waals surface area contributed by atoms with Crippen LogP contribution in [0.15, 0.2) is 87.4 Å². The fraction of sp³-hybridized carbons (Fsp3) is 0.200. The lowest BCUT2D eigenvalue weighted by Crippen LogP contribution is -2.44. The molecule has 0 atom stereocenters. The van der Waals surface area contributed by atoms with E-state index in [1.54, 1.807) is 30.1 Å². The number of nitrogens with zero attached hydrogens (tertiary/aromatic N) is 3. The zero-order chi connectivity index (χ0) is 23.2. The van der Waals surface area contributed by atoms with Gasteiger partial charge in [-0.25, -0.2) is 4.98 Å². The summed E-state index contributed by atoms with van der Waals surface area (Å²) in [6.07, 6.45) is 4.27. The van der Waals surface area contributed by atoms with Crippen LogP contribution in [0.25, 0.3) is 11.2 Å². The summed E-state index contributed by atoms with van der Waals surface area (Å²) in [5, 5.41) is 2.84. The molecule has 0 spiro atoms. The fourth-order valence-electron chi connectivity index (χ4n) is 3.65. The second-order valence-corrected chi connectivity index (χ2v) is 8.44. The molecule has 8 heteroatoms. The minimum atomic E-state index is -0.741. The smallest absolute Gasteiger partial charge is 0.318 e. The van der Waals surface area contributed by atoms with Gasteiger partial charge in [-0.2, -0.15) is 0 Å². The van der Waals surface area contributed by atoms with Crippen LogP contribution in [0.3, 0.4) is 0 Å². The topological polar surface area (TPSA) is 86.0 Å². The van der Waals surface area contributed by atoms with Crippen molar-refractivity contribution in [3.63, 3.8) is 0 Å². The van der Waals surface area contributed by atoms with Crippen LogP contribution < -0.4 is 16.4 Å². The van der Waals surface area contributed by atoms with Crippen LogP contribution in [0, 0.1) is 0 Å². The predicted molar refractivity (Wildman–Crippen MR) is 131 cm³/mol. The number of nitrogens with one attached hydrogen (secondary N) is 1. The molecule has 0 radical (unpaired) electrons. The Kier molecular flexibility index (Phi) is 7.04. The molecule has 0 saturated heterocycles. The van der Waals surface area contributed by atoms with E-state index in [0.717, 1.165) is 11.1 Å². The Hall–Kier alpha value is -3.65. The Morgan fingerprint density at radius 1 is 0.909 bits per heavy atom. The van der Waals surface area contributed by atoms with Crippen molar-refractivity contribution in [2.45, 2.75) is 24.4 Å². The van der Waals surface area contributed by atoms with E-state index in [4.69, 9.17) is 0 Å². The molecule has 0 unspecified atom stereocenters. The standard InChI is InChI=1S/C25H24N4O3S/c1-33-20-11-9-18(10-12-20)13-15-26-22(30)17-28-21-8-5-14-27-23(21)29(25(32)24(28)31)16-19-6-3-2-4-7-19/h2-12,14H,13,15-17H2,1H3,(H,26,30). The van der Waals surface area contributed by atoms with Crippen LogP contribution in [-0.2, 0) is 24.3 Å². The van der Waals surface area contributed by atoms with Gasteiger partial charge in [0.25, 0.3) is 0 Å². The normalized spacial score (nSPS) is 10.9. The van der Waals surface area contributed by atoms with E-state index in [9.17, 15) is 14.4 Å². The van der Waals surface area contributed by atoms with Crippen LogP contribution in [0.4, 0.5) is 0 Å². The fourth-order valence-corrected chi connectivity index (χ4v) is 4.06. The zero-order valence-electron chi connectivity index (χ0n) is 18.2. The second-order valence-electron chi connectivity index (χ2n) is 7.56. The Morgan fingerprint density at radius 3 is 2.36 bits per heavy atom. The van der Waals surface area contributed by atoms with Crippen LogP contribution in [0.5, 0.6) is 0 Å². The first-order valence-corrected chi connectivity index (χ1v) is 11.8. The van der Waals surface area contributed by atoms with Gasteiger partial charge in [0.05, 0.1) is 12.1 Å². The summed E-state index contributed by atoms with van der Waals surface area (Å²) in [4.78, 5) is 43.9. The first kappa shape index (κ1) is 22.5. The Bertz CT molecular complexity index is 1380. The summed E-state index contributed by atoms with van der Waals surface area (Å²) in [5.41, 5.74) is 1.37. The largest absolute Gasteiger partial charge is 0.354 e. The van der Waals surface area contributed by atoms with E-state index < -0.39 is 11.1 Å². The third kappa shape index (κ3) is 5.23. The van der Waals surface area contributed by atoms with Crippen molar-refractivity contribution in [3.05, 3.63) is 105 Å². The molecule has 1 amide bonds. The number of thioether (sulfide) groups is 1. The number of fused-ring (bicyclic) bond motifs is 1. The number of aromatic nitrogens is 3. The van der Waals surface area contributed by atoms with E-state index in [0.29, 0.717) is 24.1 Å². The lowest BCUT2D eigenvalue weighted by atomic mass is 10.1. The number of pyridine rings is 1. The van der Waals surface area contributed by atoms with Crippen molar-refractivity contribution in [2.75, 3.05) is 12.8 Å². The number of carbonyl (C=O) groups is 1. The SMILES string of the molecule is CSc1ccc(CCNC(=O)Cn2c(=O)c(=O)n(Cc3ccccc3)c3ncccc32)cc1. The summed E-state index contributed by atoms with van der Waals surface area (Å²) in [6.45, 7) is 0.423. The third-order valence-electron chi connectivity index (χ3n) is 5.37. The highest BCUT2D eigenvalue weighted by Gasteiger charge is 2.16. The number of hydrogen-bond acceptors (Lipinski definition) is 5. The lowest BCUT2D eigenvalue weighted by molar-refractivity contribution is -0.121. The van der Waals surface area contributed by atoms with E-state index in [-0.39, 0.29) is 19.0 Å². The minimum Gasteiger partial charge on any atom is -0.354 e. The molecule has 2 aromatic heterocycles. The molecule has 7 nitrogen and oxygen atoms in total. The Balaban J connectivity index is 1.53. The van der Waals surface area contributed by atoms with Gasteiger partial charge in [-0.05, 0) is 48.1 Å². The molecule has 2 aromatic carbocycles. The number of amides is 1. The average Bonchev–Trinajstić information content (AvgIpc) is 2.85. The molecule has 0 aliphatic heterocycles. The first-order chi connectivity index (χ1) is 16.1. The average molecular weight is 461 g/mol. The monoisotopic (exact) mass is 460 g/mol. The van der Waals surface area contributed by atoms with E-state index in [1.165, 1.54) is 14.0 Å². The highest BCUT2D eigenvalue weighted by molar-refractivity contribution is 7.98. The van der Waals surface area contributed by atoms with Gasteiger partial charge in [-0.1, -0.05) is 42.5 Å². The van der Waals surface area contributed by atoms with Crippen molar-refractivity contribution in [1.29, 1.82) is 0 Å². The second kappa shape index (κ2) is 10.3. The highest BCUT2D eigenvalue weighted by Crippen LogP contribution is 2.15. The molecule has 4 rings (SSSR count). The maximum Gasteiger partial charge on any atom is 0.318 e. The first-order valence-electron chi connectivity index (χ1n) is 10.6. The van der Waals surface area contributed by atoms with Gasteiger partial charge >= 0.3 is 11.1 Å². The van der Waals surface area contributed by atoms with Crippen LogP contribution >= 0.6 is 11.8 Å². The van der Waals surface area contributed by atoms with Gasteiger partial charge in [0.15, 0.2) is 5.65 Å². The summed E-state index contributed by atoms with van der Waals surface area (Å²) < 4.78 is 2.56. The van der Waals surface area contributed by atoms with Crippen LogP contribution in [-0.4, -0.2) is 32.8 Å². The molecule has 168 valence electrons. The van der Waals surface area contributed by atoms with Crippen molar-refractivity contribution in [1.82, 2.24) is 19.4 Å². The highest BCUT2D eigenvalue weighted by atomic mass is 32.2. The van der Waals surface area contributed by atoms with Crippen LogP contribution in [0.1, 0.15) is 11.1 Å². The number of carbonyl (C=O) groups excluding carboxylic acids is 1. The molecular formula is C25H24N4O3S. The predicted octanol–water partition coefficient (Wildman–Crippen LogP) is 2.69. The minimum absolute atomic E-state index is 0.227. The Labute approximate surface area is 195 Å². The summed E-state index contributed by atoms with van der Waals surface area (Å²) >= 11 is 1.68. The van der Waals surface area contributed by atoms with E-state index >= 15 is 0 Å². The van der Waals surface area contributed by atoms with Gasteiger partial charge in [-0.3, -0.25) is 23.5 Å². The summed E-state index contributed by atoms with van der Waals surface area (Å²) in [6, 6.07) is 21.0. The number of hydrogen-bond donors (Lipinski definition) is 1. The molecule has 0 fully saturated rings. The zero-order valence-corrected chi connectivity index (χ0v) is 19.0. The number of rotatable bonds is 8. The van der Waals surface area contributed by atoms with Crippen molar-refractivity contribution >= 4 is 28.8 Å². The maximum atomic E-state index is 12.9. The maximum absolute atomic E-state index is 12.9. The molecule has 0 saturated carbocycles. The Morgan fingerprint density at radius 2 is 1.64 bits per heavy atom. The molecular weight excluding hydrogens is 436 g/mol. The van der Waals surface area contributed by atoms with Crippen molar-refractivity contribution < 1.29 is 4.79 Å². The molecule has 4 aromatic rings. The quantitative estimate of drug-likeness (QED) is 0.323. The molecule has 0 aliphatic carbocycles. The lowest BCUT2D eigenvalue weighted by Gasteiger charge is -2.14. The molecule has 0 aliphatic rings. The summed E-state index contributed by atoms with van der Waals surface area (Å²) in [5.74, 6) is -0.330. The molecule has 33 heavy (non-hydrogen) atoms. The van der Waals surface area contributed by atoms with Gasteiger partial charge in [0.2, 0.25) is 5.91 Å². The van der Waals surface area contributed by atoms with Crippen molar-refractivity contribution in [3.8, 4) is 0 Å². The molecule has 2 heterocycles. The third-order valence-corrected chi connectivity index (χ3v) is 6.11. The number of benzene rings is 2. The van der Waals surface area contributed by atoms with Gasteiger partial charge < -0.3 is 5.32 Å². The van der Waals surface area contributed by atoms with Gasteiger partial charge in [-0.15, -0.1) is 11.8 Å². The van der Waals surface area contributed by atoms with Crippen LogP contribution in [0.2, 0.25) is 0 Å².